The number of amides is 2. The van der Waals surface area contributed by atoms with E-state index in [0.29, 0.717) is 11.3 Å². The van der Waals surface area contributed by atoms with Gasteiger partial charge in [-0.2, -0.15) is 0 Å². The van der Waals surface area contributed by atoms with Crippen molar-refractivity contribution < 1.29 is 24.6 Å². The molecule has 1 fully saturated rings. The molecule has 0 bridgehead atoms. The molecule has 1 aromatic carbocycles. The van der Waals surface area contributed by atoms with Crippen LogP contribution in [0.25, 0.3) is 10.1 Å². The lowest BCUT2D eigenvalue weighted by molar-refractivity contribution is -0.150. The zero-order valence-corrected chi connectivity index (χ0v) is 15.7. The predicted molar refractivity (Wildman–Crippen MR) is 102 cm³/mol. The second-order valence-electron chi connectivity index (χ2n) is 6.30. The second-order valence-corrected chi connectivity index (χ2v) is 8.57. The summed E-state index contributed by atoms with van der Waals surface area (Å²) in [5, 5.41) is 22.0. The number of fused-ring (bicyclic) bond motifs is 2. The Kier molecular flexibility index (Phi) is 4.67. The van der Waals surface area contributed by atoms with Crippen molar-refractivity contribution in [1.29, 1.82) is 0 Å². The molecule has 27 heavy (non-hydrogen) atoms. The van der Waals surface area contributed by atoms with Gasteiger partial charge in [0.1, 0.15) is 17.1 Å². The van der Waals surface area contributed by atoms with Gasteiger partial charge in [-0.25, -0.2) is 4.79 Å². The highest BCUT2D eigenvalue weighted by Crippen LogP contribution is 2.40. The predicted octanol–water partition coefficient (Wildman–Crippen LogP) is 1.17. The van der Waals surface area contributed by atoms with E-state index < -0.39 is 29.9 Å². The Labute approximate surface area is 162 Å². The first-order valence-electron chi connectivity index (χ1n) is 8.27. The number of nitrogens with zero attached hydrogens (tertiary/aromatic N) is 1. The minimum atomic E-state index is -1.24. The number of thiophene rings is 1. The van der Waals surface area contributed by atoms with E-state index >= 15 is 0 Å². The molecule has 9 heteroatoms. The zero-order valence-electron chi connectivity index (χ0n) is 14.0. The lowest BCUT2D eigenvalue weighted by Crippen LogP contribution is -2.70. The number of carbonyl (C=O) groups is 3. The molecule has 4 rings (SSSR count). The highest BCUT2D eigenvalue weighted by atomic mass is 32.2. The third kappa shape index (κ3) is 3.11. The Morgan fingerprint density at radius 2 is 2.07 bits per heavy atom. The van der Waals surface area contributed by atoms with E-state index in [1.54, 1.807) is 0 Å². The van der Waals surface area contributed by atoms with E-state index in [-0.39, 0.29) is 18.0 Å². The average molecular weight is 404 g/mol. The number of hydrogen-bond donors (Lipinski definition) is 3. The van der Waals surface area contributed by atoms with Crippen molar-refractivity contribution >= 4 is 51.0 Å². The molecule has 1 unspecified atom stereocenters. The third-order valence-electron chi connectivity index (χ3n) is 4.57. The first kappa shape index (κ1) is 18.0. The van der Waals surface area contributed by atoms with Gasteiger partial charge < -0.3 is 15.5 Å². The summed E-state index contributed by atoms with van der Waals surface area (Å²) in [4.78, 5) is 38.3. The molecule has 3 heterocycles. The average Bonchev–Trinajstić information content (AvgIpc) is 3.06. The van der Waals surface area contributed by atoms with Crippen LogP contribution in [0.2, 0.25) is 0 Å². The summed E-state index contributed by atoms with van der Waals surface area (Å²) in [6.45, 7) is -0.409. The molecule has 2 aliphatic heterocycles. The van der Waals surface area contributed by atoms with E-state index in [1.165, 1.54) is 23.1 Å². The Morgan fingerprint density at radius 3 is 2.78 bits per heavy atom. The number of carbonyl (C=O) groups excluding carboxylic acids is 2. The summed E-state index contributed by atoms with van der Waals surface area (Å²) >= 11 is 2.88. The van der Waals surface area contributed by atoms with Crippen molar-refractivity contribution in [3.05, 3.63) is 46.5 Å². The van der Waals surface area contributed by atoms with E-state index in [9.17, 15) is 24.6 Å². The van der Waals surface area contributed by atoms with Gasteiger partial charge >= 0.3 is 5.97 Å². The van der Waals surface area contributed by atoms with Gasteiger partial charge in [0.15, 0.2) is 0 Å². The van der Waals surface area contributed by atoms with Crippen LogP contribution < -0.4 is 5.32 Å². The maximum atomic E-state index is 12.4. The lowest BCUT2D eigenvalue weighted by atomic mass is 10.0. The second kappa shape index (κ2) is 6.99. The number of thioether (sulfide) groups is 1. The SMILES string of the molecule is O=C(Cc1cc2ccccc2s1)NC1C(=O)N2C(C(=O)O)=C(CO)CS[C@@H]12. The van der Waals surface area contributed by atoms with Crippen LogP contribution in [0.4, 0.5) is 0 Å². The quantitative estimate of drug-likeness (QED) is 0.646. The number of nitrogens with one attached hydrogen (secondary N) is 1. The highest BCUT2D eigenvalue weighted by molar-refractivity contribution is 8.00. The van der Waals surface area contributed by atoms with Gasteiger partial charge in [0, 0.05) is 15.3 Å². The number of aliphatic hydroxyl groups is 1. The molecule has 2 atom stereocenters. The standard InChI is InChI=1S/C18H16N2O5S2/c21-7-10-8-26-17-14(16(23)20(17)15(10)18(24)25)19-13(22)6-11-5-9-3-1-2-4-12(9)27-11/h1-5,14,17,21H,6-8H2,(H,19,22)(H,24,25)/t14?,17-/m0/s1. The molecule has 140 valence electrons. The van der Waals surface area contributed by atoms with Crippen molar-refractivity contribution in [3.63, 3.8) is 0 Å². The summed E-state index contributed by atoms with van der Waals surface area (Å²) in [6, 6.07) is 9.08. The van der Waals surface area contributed by atoms with Gasteiger partial charge in [-0.05, 0) is 23.1 Å². The molecule has 0 spiro atoms. The van der Waals surface area contributed by atoms with Crippen molar-refractivity contribution in [2.45, 2.75) is 17.8 Å². The fraction of sp³-hybridized carbons (Fsp3) is 0.278. The normalized spacial score (nSPS) is 21.8. The monoisotopic (exact) mass is 404 g/mol. The van der Waals surface area contributed by atoms with Gasteiger partial charge in [-0.3, -0.25) is 14.5 Å². The maximum absolute atomic E-state index is 12.4. The topological polar surface area (TPSA) is 107 Å². The molecular weight excluding hydrogens is 388 g/mol. The van der Waals surface area contributed by atoms with Crippen molar-refractivity contribution in [2.75, 3.05) is 12.4 Å². The minimum Gasteiger partial charge on any atom is -0.477 e. The van der Waals surface area contributed by atoms with Gasteiger partial charge in [-0.1, -0.05) is 18.2 Å². The number of hydrogen-bond acceptors (Lipinski definition) is 6. The van der Waals surface area contributed by atoms with Crippen LogP contribution in [0.1, 0.15) is 4.88 Å². The maximum Gasteiger partial charge on any atom is 0.352 e. The fourth-order valence-electron chi connectivity index (χ4n) is 3.31. The number of aliphatic hydroxyl groups excluding tert-OH is 1. The highest BCUT2D eigenvalue weighted by Gasteiger charge is 2.54. The smallest absolute Gasteiger partial charge is 0.352 e. The van der Waals surface area contributed by atoms with Gasteiger partial charge in [-0.15, -0.1) is 23.1 Å². The van der Waals surface area contributed by atoms with E-state index in [1.807, 2.05) is 30.3 Å². The minimum absolute atomic E-state index is 0.166. The first-order chi connectivity index (χ1) is 13.0. The van der Waals surface area contributed by atoms with Crippen LogP contribution in [-0.2, 0) is 20.8 Å². The van der Waals surface area contributed by atoms with E-state index in [0.717, 1.165) is 19.9 Å². The number of aliphatic carboxylic acids is 1. The van der Waals surface area contributed by atoms with Crippen LogP contribution in [-0.4, -0.2) is 56.7 Å². The summed E-state index contributed by atoms with van der Waals surface area (Å²) in [5.41, 5.74) is 0.147. The summed E-state index contributed by atoms with van der Waals surface area (Å²) in [7, 11) is 0. The number of benzene rings is 1. The van der Waals surface area contributed by atoms with Gasteiger partial charge in [0.2, 0.25) is 5.91 Å². The number of carboxylic acid groups (broad SMARTS) is 1. The molecule has 0 radical (unpaired) electrons. The van der Waals surface area contributed by atoms with E-state index in [2.05, 4.69) is 5.32 Å². The third-order valence-corrected chi connectivity index (χ3v) is 7.02. The number of β-lactam (4-membered cyclic amide) rings is 1. The van der Waals surface area contributed by atoms with Crippen LogP contribution in [0.3, 0.4) is 0 Å². The molecular formula is C18H16N2O5S2. The van der Waals surface area contributed by atoms with Crippen LogP contribution >= 0.6 is 23.1 Å². The Hall–Kier alpha value is -2.36. The fourth-order valence-corrected chi connectivity index (χ4v) is 5.71. The molecule has 0 saturated carbocycles. The molecule has 1 saturated heterocycles. The number of carboxylic acids is 1. The van der Waals surface area contributed by atoms with Crippen LogP contribution in [0, 0.1) is 0 Å². The first-order valence-corrected chi connectivity index (χ1v) is 10.1. The molecule has 3 N–H and O–H groups in total. The molecule has 2 amide bonds. The Balaban J connectivity index is 1.45. The summed E-state index contributed by atoms with van der Waals surface area (Å²) in [5.74, 6) is -1.66. The van der Waals surface area contributed by atoms with Crippen molar-refractivity contribution in [1.82, 2.24) is 10.2 Å². The summed E-state index contributed by atoms with van der Waals surface area (Å²) < 4.78 is 1.10. The molecule has 1 aromatic heterocycles. The zero-order chi connectivity index (χ0) is 19.1. The largest absolute Gasteiger partial charge is 0.477 e. The Morgan fingerprint density at radius 1 is 1.30 bits per heavy atom. The lowest BCUT2D eigenvalue weighted by Gasteiger charge is -2.49. The van der Waals surface area contributed by atoms with Crippen LogP contribution in [0.15, 0.2) is 41.6 Å². The van der Waals surface area contributed by atoms with Gasteiger partial charge in [0.25, 0.3) is 5.91 Å². The number of rotatable bonds is 5. The molecule has 7 nitrogen and oxygen atoms in total. The van der Waals surface area contributed by atoms with Crippen molar-refractivity contribution in [2.24, 2.45) is 0 Å². The molecule has 2 aromatic rings. The Bertz CT molecular complexity index is 950. The molecule has 2 aliphatic rings. The van der Waals surface area contributed by atoms with Crippen LogP contribution in [0.5, 0.6) is 0 Å². The molecule has 0 aliphatic carbocycles. The van der Waals surface area contributed by atoms with E-state index in [4.69, 9.17) is 0 Å². The van der Waals surface area contributed by atoms with Gasteiger partial charge in [0.05, 0.1) is 13.0 Å². The summed E-state index contributed by atoms with van der Waals surface area (Å²) in [6.07, 6.45) is 0.171. The van der Waals surface area contributed by atoms with Crippen molar-refractivity contribution in [3.8, 4) is 0 Å².